The number of nitrogens with one attached hydrogen (secondary N) is 4. The topological polar surface area (TPSA) is 134 Å². The van der Waals surface area contributed by atoms with Crippen molar-refractivity contribution in [2.45, 2.75) is 45.6 Å². The predicted octanol–water partition coefficient (Wildman–Crippen LogP) is 3.46. The minimum Gasteiger partial charge on any atom is -0.467 e. The van der Waals surface area contributed by atoms with Gasteiger partial charge in [-0.25, -0.2) is 15.0 Å². The first-order valence-electron chi connectivity index (χ1n) is 11.6. The van der Waals surface area contributed by atoms with Gasteiger partial charge in [-0.15, -0.1) is 0 Å². The molecule has 0 bridgehead atoms. The number of ether oxygens (including phenoxy) is 2. The van der Waals surface area contributed by atoms with Gasteiger partial charge in [-0.2, -0.15) is 0 Å². The van der Waals surface area contributed by atoms with Crippen molar-refractivity contribution in [2.75, 3.05) is 26.2 Å². The maximum absolute atomic E-state index is 12.2. The second-order valence-electron chi connectivity index (χ2n) is 9.42. The van der Waals surface area contributed by atoms with Crippen molar-refractivity contribution in [3.05, 3.63) is 57.5 Å². The quantitative estimate of drug-likeness (QED) is 0.384. The van der Waals surface area contributed by atoms with Gasteiger partial charge in [-0.1, -0.05) is 29.3 Å². The molecule has 1 saturated heterocycles. The van der Waals surface area contributed by atoms with Crippen LogP contribution in [0.1, 0.15) is 42.5 Å². The van der Waals surface area contributed by atoms with Crippen LogP contribution in [0.3, 0.4) is 0 Å². The Balaban J connectivity index is 1.36. The number of urea groups is 1. The Labute approximate surface area is 225 Å². The third-order valence-electron chi connectivity index (χ3n) is 5.12. The maximum Gasteiger partial charge on any atom is 0.426 e. The van der Waals surface area contributed by atoms with Gasteiger partial charge in [-0.3, -0.25) is 15.1 Å². The maximum atomic E-state index is 12.2. The zero-order chi connectivity index (χ0) is 27.0. The van der Waals surface area contributed by atoms with Gasteiger partial charge in [0.2, 0.25) is 0 Å². The fourth-order valence-electron chi connectivity index (χ4n) is 3.46. The summed E-state index contributed by atoms with van der Waals surface area (Å²) in [5.41, 5.74) is 4.91. The molecule has 13 heteroatoms. The third kappa shape index (κ3) is 9.77. The molecule has 0 saturated carbocycles. The summed E-state index contributed by atoms with van der Waals surface area (Å²) in [4.78, 5) is 38.2. The van der Waals surface area contributed by atoms with E-state index in [1.165, 1.54) is 12.3 Å². The second-order valence-corrected chi connectivity index (χ2v) is 10.2. The lowest BCUT2D eigenvalue weighted by Gasteiger charge is -2.33. The van der Waals surface area contributed by atoms with Gasteiger partial charge < -0.3 is 24.5 Å². The van der Waals surface area contributed by atoms with Gasteiger partial charge in [0.05, 0.1) is 34.9 Å². The number of morpholine rings is 1. The summed E-state index contributed by atoms with van der Waals surface area (Å²) in [6, 6.07) is 6.61. The van der Waals surface area contributed by atoms with Gasteiger partial charge >= 0.3 is 12.1 Å². The molecule has 202 valence electrons. The minimum absolute atomic E-state index is 0.0631. The first kappa shape index (κ1) is 28.6. The van der Waals surface area contributed by atoms with E-state index in [-0.39, 0.29) is 18.2 Å². The number of hydrazine groups is 1. The molecule has 2 aromatic rings. The number of hydrogen-bond donors (Lipinski definition) is 4. The molecular formula is C24H31Cl2N5O6. The van der Waals surface area contributed by atoms with Gasteiger partial charge in [-0.05, 0) is 44.5 Å². The van der Waals surface area contributed by atoms with Crippen LogP contribution < -0.4 is 21.5 Å². The van der Waals surface area contributed by atoms with E-state index in [1.807, 2.05) is 12.1 Å². The van der Waals surface area contributed by atoms with Crippen LogP contribution in [0, 0.1) is 0 Å². The molecule has 1 atom stereocenters. The zero-order valence-electron chi connectivity index (χ0n) is 20.9. The molecule has 0 aliphatic carbocycles. The van der Waals surface area contributed by atoms with E-state index in [9.17, 15) is 14.4 Å². The summed E-state index contributed by atoms with van der Waals surface area (Å²) < 4.78 is 16.1. The van der Waals surface area contributed by atoms with E-state index in [1.54, 1.807) is 26.8 Å². The number of carbonyl (C=O) groups is 3. The largest absolute Gasteiger partial charge is 0.467 e. The van der Waals surface area contributed by atoms with Crippen LogP contribution in [0.25, 0.3) is 0 Å². The summed E-state index contributed by atoms with van der Waals surface area (Å²) in [5.74, 6) is -0.232. The van der Waals surface area contributed by atoms with Crippen molar-refractivity contribution in [1.29, 1.82) is 0 Å². The average molecular weight is 556 g/mol. The van der Waals surface area contributed by atoms with E-state index in [0.717, 1.165) is 12.1 Å². The Bertz CT molecular complexity index is 1100. The number of amides is 4. The Morgan fingerprint density at radius 3 is 2.62 bits per heavy atom. The van der Waals surface area contributed by atoms with Crippen LogP contribution >= 0.6 is 23.2 Å². The molecule has 1 fully saturated rings. The molecule has 11 nitrogen and oxygen atoms in total. The van der Waals surface area contributed by atoms with E-state index in [0.29, 0.717) is 42.0 Å². The number of rotatable bonds is 7. The van der Waals surface area contributed by atoms with Crippen LogP contribution in [0.2, 0.25) is 10.0 Å². The van der Waals surface area contributed by atoms with Gasteiger partial charge in [0.25, 0.3) is 5.91 Å². The van der Waals surface area contributed by atoms with E-state index in [4.69, 9.17) is 37.1 Å². The molecule has 0 radical (unpaired) electrons. The van der Waals surface area contributed by atoms with E-state index >= 15 is 0 Å². The summed E-state index contributed by atoms with van der Waals surface area (Å²) >= 11 is 12.1. The summed E-state index contributed by atoms with van der Waals surface area (Å²) in [5, 5.41) is 6.49. The minimum atomic E-state index is -0.789. The van der Waals surface area contributed by atoms with Crippen LogP contribution in [-0.2, 0) is 22.6 Å². The highest BCUT2D eigenvalue weighted by Gasteiger charge is 2.22. The molecule has 4 N–H and O–H groups in total. The standard InChI is InChI=1S/C24H31Cl2N5O6/c1-24(2,3)37-23(34)30-29-21(32)16-9-17(36-14-16)10-27-22(33)28-11-18-13-31(6-7-35-18)12-15-4-5-19(25)20(26)8-15/h4-5,8-9,14,18H,6-7,10-13H2,1-3H3,(H,29,32)(H,30,34)(H2,27,28,33). The van der Waals surface area contributed by atoms with Crippen LogP contribution in [0.4, 0.5) is 9.59 Å². The summed E-state index contributed by atoms with van der Waals surface area (Å²) in [7, 11) is 0. The molecule has 1 aliphatic heterocycles. The first-order valence-corrected chi connectivity index (χ1v) is 12.4. The Hall–Kier alpha value is -2.99. The molecule has 1 aliphatic rings. The molecule has 0 spiro atoms. The number of carbonyl (C=O) groups excluding carboxylic acids is 3. The number of furan rings is 1. The molecule has 1 aromatic carbocycles. The average Bonchev–Trinajstić information content (AvgIpc) is 3.31. The van der Waals surface area contributed by atoms with Gasteiger partial charge in [0.15, 0.2) is 0 Å². The van der Waals surface area contributed by atoms with Crippen LogP contribution in [0.5, 0.6) is 0 Å². The van der Waals surface area contributed by atoms with Crippen LogP contribution in [0.15, 0.2) is 34.9 Å². The zero-order valence-corrected chi connectivity index (χ0v) is 22.4. The molecule has 2 heterocycles. The lowest BCUT2D eigenvalue weighted by Crippen LogP contribution is -2.48. The monoisotopic (exact) mass is 555 g/mol. The Kier molecular flexibility index (Phi) is 10.0. The van der Waals surface area contributed by atoms with Crippen molar-refractivity contribution < 1.29 is 28.3 Å². The SMILES string of the molecule is CC(C)(C)OC(=O)NNC(=O)c1coc(CNC(=O)NCC2CN(Cc3ccc(Cl)c(Cl)c3)CCO2)c1. The van der Waals surface area contributed by atoms with Gasteiger partial charge in [0, 0.05) is 26.2 Å². The number of halogens is 2. The third-order valence-corrected chi connectivity index (χ3v) is 5.86. The Morgan fingerprint density at radius 1 is 1.11 bits per heavy atom. The molecular weight excluding hydrogens is 525 g/mol. The van der Waals surface area contributed by atoms with Crippen molar-refractivity contribution in [3.63, 3.8) is 0 Å². The van der Waals surface area contributed by atoms with Crippen molar-refractivity contribution in [1.82, 2.24) is 26.4 Å². The fraction of sp³-hybridized carbons (Fsp3) is 0.458. The lowest BCUT2D eigenvalue weighted by atomic mass is 10.2. The summed E-state index contributed by atoms with van der Waals surface area (Å²) in [6.07, 6.45) is 0.264. The van der Waals surface area contributed by atoms with Crippen LogP contribution in [-0.4, -0.2) is 60.9 Å². The molecule has 1 aromatic heterocycles. The highest BCUT2D eigenvalue weighted by molar-refractivity contribution is 6.42. The van der Waals surface area contributed by atoms with Crippen molar-refractivity contribution in [3.8, 4) is 0 Å². The molecule has 4 amide bonds. The number of nitrogens with zero attached hydrogens (tertiary/aromatic N) is 1. The molecule has 1 unspecified atom stereocenters. The van der Waals surface area contributed by atoms with Gasteiger partial charge in [0.1, 0.15) is 17.6 Å². The molecule has 3 rings (SSSR count). The first-order chi connectivity index (χ1) is 17.5. The lowest BCUT2D eigenvalue weighted by molar-refractivity contribution is -0.0287. The predicted molar refractivity (Wildman–Crippen MR) is 137 cm³/mol. The molecule has 37 heavy (non-hydrogen) atoms. The van der Waals surface area contributed by atoms with Crippen molar-refractivity contribution in [2.24, 2.45) is 0 Å². The Morgan fingerprint density at radius 2 is 1.89 bits per heavy atom. The van der Waals surface area contributed by atoms with E-state index < -0.39 is 23.6 Å². The summed E-state index contributed by atoms with van der Waals surface area (Å²) in [6.45, 7) is 8.17. The number of benzene rings is 1. The normalized spacial score (nSPS) is 16.1. The number of hydrogen-bond acceptors (Lipinski definition) is 7. The van der Waals surface area contributed by atoms with E-state index in [2.05, 4.69) is 26.4 Å². The fourth-order valence-corrected chi connectivity index (χ4v) is 3.78. The van der Waals surface area contributed by atoms with Crippen molar-refractivity contribution >= 4 is 41.2 Å². The smallest absolute Gasteiger partial charge is 0.426 e. The highest BCUT2D eigenvalue weighted by atomic mass is 35.5. The highest BCUT2D eigenvalue weighted by Crippen LogP contribution is 2.23. The second kappa shape index (κ2) is 13.0.